The fourth-order valence-corrected chi connectivity index (χ4v) is 2.07. The normalized spacial score (nSPS) is 10.3. The summed E-state index contributed by atoms with van der Waals surface area (Å²) in [5.41, 5.74) is 4.42. The SMILES string of the molecule is COc1ccc(NC(=S)N/N=C\c2cc(OC)cc(OC)c2)cc1. The van der Waals surface area contributed by atoms with Crippen LogP contribution in [0.1, 0.15) is 5.56 Å². The number of hydrazone groups is 1. The third kappa shape index (κ3) is 5.13. The Kier molecular flexibility index (Phi) is 6.39. The molecule has 7 heteroatoms. The zero-order valence-corrected chi connectivity index (χ0v) is 14.5. The van der Waals surface area contributed by atoms with Gasteiger partial charge in [-0.2, -0.15) is 5.10 Å². The molecule has 0 aromatic heterocycles. The first-order chi connectivity index (χ1) is 11.6. The molecule has 24 heavy (non-hydrogen) atoms. The Labute approximate surface area is 146 Å². The third-order valence-corrected chi connectivity index (χ3v) is 3.29. The van der Waals surface area contributed by atoms with Gasteiger partial charge in [-0.1, -0.05) is 0 Å². The molecule has 2 N–H and O–H groups in total. The van der Waals surface area contributed by atoms with Gasteiger partial charge in [-0.15, -0.1) is 0 Å². The minimum atomic E-state index is 0.381. The van der Waals surface area contributed by atoms with Crippen LogP contribution in [0.5, 0.6) is 17.2 Å². The molecule has 2 aromatic carbocycles. The van der Waals surface area contributed by atoms with Gasteiger partial charge >= 0.3 is 0 Å². The van der Waals surface area contributed by atoms with Crippen LogP contribution in [0.4, 0.5) is 5.69 Å². The van der Waals surface area contributed by atoms with Gasteiger partial charge in [-0.05, 0) is 48.6 Å². The summed E-state index contributed by atoms with van der Waals surface area (Å²) < 4.78 is 15.5. The van der Waals surface area contributed by atoms with E-state index < -0.39 is 0 Å². The molecule has 0 saturated heterocycles. The number of ether oxygens (including phenoxy) is 3. The molecule has 0 amide bonds. The summed E-state index contributed by atoms with van der Waals surface area (Å²) in [4.78, 5) is 0. The molecule has 0 spiro atoms. The van der Waals surface area contributed by atoms with Crippen LogP contribution in [0.15, 0.2) is 47.6 Å². The van der Waals surface area contributed by atoms with Gasteiger partial charge in [0, 0.05) is 17.3 Å². The molecule has 0 aliphatic rings. The molecule has 2 aromatic rings. The summed E-state index contributed by atoms with van der Waals surface area (Å²) in [6, 6.07) is 12.9. The Morgan fingerprint density at radius 1 is 0.917 bits per heavy atom. The van der Waals surface area contributed by atoms with Gasteiger partial charge in [-0.25, -0.2) is 0 Å². The van der Waals surface area contributed by atoms with E-state index in [0.29, 0.717) is 16.6 Å². The molecule has 0 unspecified atom stereocenters. The number of benzene rings is 2. The Morgan fingerprint density at radius 2 is 1.50 bits per heavy atom. The zero-order chi connectivity index (χ0) is 17.4. The van der Waals surface area contributed by atoms with E-state index in [4.69, 9.17) is 26.4 Å². The van der Waals surface area contributed by atoms with E-state index in [-0.39, 0.29) is 0 Å². The highest BCUT2D eigenvalue weighted by Crippen LogP contribution is 2.21. The zero-order valence-electron chi connectivity index (χ0n) is 13.7. The second-order valence-electron chi connectivity index (χ2n) is 4.70. The van der Waals surface area contributed by atoms with Crippen LogP contribution in [0.25, 0.3) is 0 Å². The highest BCUT2D eigenvalue weighted by molar-refractivity contribution is 7.80. The average molecular weight is 345 g/mol. The van der Waals surface area contributed by atoms with E-state index in [9.17, 15) is 0 Å². The second kappa shape index (κ2) is 8.73. The van der Waals surface area contributed by atoms with Crippen molar-refractivity contribution in [1.82, 2.24) is 5.43 Å². The van der Waals surface area contributed by atoms with Crippen molar-refractivity contribution in [2.24, 2.45) is 5.10 Å². The van der Waals surface area contributed by atoms with Crippen LogP contribution < -0.4 is 25.0 Å². The molecule has 0 fully saturated rings. The minimum Gasteiger partial charge on any atom is -0.497 e. The predicted molar refractivity (Wildman–Crippen MR) is 99.5 cm³/mol. The summed E-state index contributed by atoms with van der Waals surface area (Å²) in [5.74, 6) is 2.16. The number of methoxy groups -OCH3 is 3. The molecule has 0 bridgehead atoms. The van der Waals surface area contributed by atoms with E-state index in [2.05, 4.69) is 15.8 Å². The predicted octanol–water partition coefficient (Wildman–Crippen LogP) is 3.03. The van der Waals surface area contributed by atoms with E-state index in [0.717, 1.165) is 17.0 Å². The van der Waals surface area contributed by atoms with Crippen LogP contribution in [0.2, 0.25) is 0 Å². The van der Waals surface area contributed by atoms with Crippen molar-refractivity contribution in [3.63, 3.8) is 0 Å². The first kappa shape index (κ1) is 17.6. The number of rotatable bonds is 6. The monoisotopic (exact) mass is 345 g/mol. The molecule has 6 nitrogen and oxygen atoms in total. The van der Waals surface area contributed by atoms with E-state index in [1.807, 2.05) is 36.4 Å². The largest absolute Gasteiger partial charge is 0.497 e. The van der Waals surface area contributed by atoms with Crippen molar-refractivity contribution < 1.29 is 14.2 Å². The Bertz CT molecular complexity index is 695. The number of hydrogen-bond donors (Lipinski definition) is 2. The highest BCUT2D eigenvalue weighted by atomic mass is 32.1. The number of anilines is 1. The van der Waals surface area contributed by atoms with E-state index in [1.54, 1.807) is 33.6 Å². The number of thiocarbonyl (C=S) groups is 1. The highest BCUT2D eigenvalue weighted by Gasteiger charge is 2.00. The van der Waals surface area contributed by atoms with Gasteiger partial charge in [0.1, 0.15) is 17.2 Å². The minimum absolute atomic E-state index is 0.381. The van der Waals surface area contributed by atoms with Gasteiger partial charge in [0.25, 0.3) is 0 Å². The summed E-state index contributed by atoms with van der Waals surface area (Å²) in [5, 5.41) is 7.51. The van der Waals surface area contributed by atoms with Crippen LogP contribution in [0, 0.1) is 0 Å². The number of hydrogen-bond acceptors (Lipinski definition) is 5. The Hall–Kier alpha value is -2.80. The van der Waals surface area contributed by atoms with Gasteiger partial charge in [0.15, 0.2) is 5.11 Å². The maximum Gasteiger partial charge on any atom is 0.191 e. The molecule has 126 valence electrons. The van der Waals surface area contributed by atoms with Crippen molar-refractivity contribution in [1.29, 1.82) is 0 Å². The van der Waals surface area contributed by atoms with Crippen LogP contribution in [-0.2, 0) is 0 Å². The van der Waals surface area contributed by atoms with Crippen LogP contribution in [-0.4, -0.2) is 32.7 Å². The molecule has 0 saturated carbocycles. The molecular weight excluding hydrogens is 326 g/mol. The first-order valence-corrected chi connectivity index (χ1v) is 7.52. The van der Waals surface area contributed by atoms with Crippen LogP contribution >= 0.6 is 12.2 Å². The van der Waals surface area contributed by atoms with Crippen molar-refractivity contribution in [2.75, 3.05) is 26.6 Å². The molecule has 0 atom stereocenters. The standard InChI is InChI=1S/C17H19N3O3S/c1-21-14-6-4-13(5-7-14)19-17(24)20-18-11-12-8-15(22-2)10-16(9-12)23-3/h4-11H,1-3H3,(H2,19,20,24)/b18-11-. The number of nitrogens with one attached hydrogen (secondary N) is 2. The lowest BCUT2D eigenvalue weighted by atomic mass is 10.2. The Balaban J connectivity index is 1.94. The fraction of sp³-hybridized carbons (Fsp3) is 0.176. The lowest BCUT2D eigenvalue weighted by Gasteiger charge is -2.08. The Morgan fingerprint density at radius 3 is 2.04 bits per heavy atom. The maximum absolute atomic E-state index is 5.21. The topological polar surface area (TPSA) is 64.1 Å². The fourth-order valence-electron chi connectivity index (χ4n) is 1.90. The number of nitrogens with zero attached hydrogens (tertiary/aromatic N) is 1. The lowest BCUT2D eigenvalue weighted by molar-refractivity contribution is 0.394. The maximum atomic E-state index is 5.21. The van der Waals surface area contributed by atoms with Gasteiger partial charge in [0.2, 0.25) is 0 Å². The summed E-state index contributed by atoms with van der Waals surface area (Å²) >= 11 is 5.19. The summed E-state index contributed by atoms with van der Waals surface area (Å²) in [6.07, 6.45) is 1.63. The van der Waals surface area contributed by atoms with Crippen LogP contribution in [0.3, 0.4) is 0 Å². The van der Waals surface area contributed by atoms with Crippen molar-refractivity contribution in [3.05, 3.63) is 48.0 Å². The van der Waals surface area contributed by atoms with E-state index >= 15 is 0 Å². The second-order valence-corrected chi connectivity index (χ2v) is 5.11. The van der Waals surface area contributed by atoms with Gasteiger partial charge in [-0.3, -0.25) is 5.43 Å². The van der Waals surface area contributed by atoms with Gasteiger partial charge in [0.05, 0.1) is 27.5 Å². The average Bonchev–Trinajstić information content (AvgIpc) is 2.62. The third-order valence-electron chi connectivity index (χ3n) is 3.10. The molecule has 0 aliphatic heterocycles. The molecule has 0 radical (unpaired) electrons. The molecule has 2 rings (SSSR count). The van der Waals surface area contributed by atoms with E-state index in [1.165, 1.54) is 0 Å². The molecule has 0 heterocycles. The summed E-state index contributed by atoms with van der Waals surface area (Å²) in [6.45, 7) is 0. The molecular formula is C17H19N3O3S. The summed E-state index contributed by atoms with van der Waals surface area (Å²) in [7, 11) is 4.82. The smallest absolute Gasteiger partial charge is 0.191 e. The lowest BCUT2D eigenvalue weighted by Crippen LogP contribution is -2.23. The van der Waals surface area contributed by atoms with Crippen molar-refractivity contribution in [3.8, 4) is 17.2 Å². The van der Waals surface area contributed by atoms with Crippen molar-refractivity contribution in [2.45, 2.75) is 0 Å². The quantitative estimate of drug-likeness (QED) is 0.477. The van der Waals surface area contributed by atoms with Crippen molar-refractivity contribution >= 4 is 29.2 Å². The first-order valence-electron chi connectivity index (χ1n) is 7.12. The van der Waals surface area contributed by atoms with Gasteiger partial charge < -0.3 is 19.5 Å². The molecule has 0 aliphatic carbocycles.